The lowest BCUT2D eigenvalue weighted by molar-refractivity contribution is 0.705. The van der Waals surface area contributed by atoms with Crippen molar-refractivity contribution in [3.05, 3.63) is 34.3 Å². The van der Waals surface area contributed by atoms with Crippen molar-refractivity contribution in [1.82, 2.24) is 0 Å². The number of benzene rings is 1. The molecule has 0 heterocycles. The van der Waals surface area contributed by atoms with Gasteiger partial charge in [0.1, 0.15) is 0 Å². The smallest absolute Gasteiger partial charge is 0.0211 e. The minimum atomic E-state index is 0.264. The number of hydrogen-bond acceptors (Lipinski definition) is 2. The number of hydrogen-bond donors (Lipinski definition) is 2. The summed E-state index contributed by atoms with van der Waals surface area (Å²) in [7, 11) is 0. The average Bonchev–Trinajstić information content (AvgIpc) is 2.10. The summed E-state index contributed by atoms with van der Waals surface area (Å²) in [5.74, 6) is 0.264. The minimum absolute atomic E-state index is 0.264. The highest BCUT2D eigenvalue weighted by Crippen LogP contribution is 2.23. The third-order valence-corrected chi connectivity index (χ3v) is 2.64. The Morgan fingerprint density at radius 1 is 1.17 bits per heavy atom. The first-order valence-corrected chi connectivity index (χ1v) is 4.73. The average molecular weight is 229 g/mol. The number of rotatable bonds is 3. The maximum atomic E-state index is 5.58. The lowest BCUT2D eigenvalue weighted by Gasteiger charge is -2.13. The van der Waals surface area contributed by atoms with Crippen LogP contribution >= 0.6 is 15.9 Å². The van der Waals surface area contributed by atoms with Crippen molar-refractivity contribution in [2.45, 2.75) is 5.92 Å². The Labute approximate surface area is 81.1 Å². The van der Waals surface area contributed by atoms with Gasteiger partial charge in [0.25, 0.3) is 0 Å². The van der Waals surface area contributed by atoms with Crippen molar-refractivity contribution in [3.8, 4) is 0 Å². The SMILES string of the molecule is NCC(CN)c1ccccc1Br. The molecule has 3 heteroatoms. The van der Waals surface area contributed by atoms with Crippen molar-refractivity contribution in [3.63, 3.8) is 0 Å². The summed E-state index contributed by atoms with van der Waals surface area (Å²) >= 11 is 3.47. The Balaban J connectivity index is 2.92. The number of nitrogens with two attached hydrogens (primary N) is 2. The van der Waals surface area contributed by atoms with Crippen molar-refractivity contribution < 1.29 is 0 Å². The molecule has 66 valence electrons. The largest absolute Gasteiger partial charge is 0.330 e. The predicted molar refractivity (Wildman–Crippen MR) is 55.0 cm³/mol. The van der Waals surface area contributed by atoms with Crippen LogP contribution < -0.4 is 11.5 Å². The zero-order chi connectivity index (χ0) is 8.97. The van der Waals surface area contributed by atoms with Crippen LogP contribution in [0.15, 0.2) is 28.7 Å². The van der Waals surface area contributed by atoms with Crippen molar-refractivity contribution in [2.24, 2.45) is 11.5 Å². The second-order valence-electron chi connectivity index (χ2n) is 2.69. The van der Waals surface area contributed by atoms with Gasteiger partial charge in [-0.2, -0.15) is 0 Å². The van der Waals surface area contributed by atoms with Crippen molar-refractivity contribution in [1.29, 1.82) is 0 Å². The van der Waals surface area contributed by atoms with E-state index in [1.165, 1.54) is 5.56 Å². The Morgan fingerprint density at radius 3 is 2.25 bits per heavy atom. The van der Waals surface area contributed by atoms with Gasteiger partial charge in [-0.3, -0.25) is 0 Å². The van der Waals surface area contributed by atoms with Gasteiger partial charge in [0.05, 0.1) is 0 Å². The van der Waals surface area contributed by atoms with E-state index in [0.717, 1.165) is 4.47 Å². The van der Waals surface area contributed by atoms with Crippen LogP contribution in [0.5, 0.6) is 0 Å². The minimum Gasteiger partial charge on any atom is -0.330 e. The third kappa shape index (κ3) is 2.06. The van der Waals surface area contributed by atoms with Gasteiger partial charge >= 0.3 is 0 Å². The summed E-state index contributed by atoms with van der Waals surface area (Å²) in [5.41, 5.74) is 12.4. The summed E-state index contributed by atoms with van der Waals surface area (Å²) in [6.45, 7) is 1.19. The Kier molecular flexibility index (Phi) is 3.72. The molecule has 0 aromatic heterocycles. The first-order valence-electron chi connectivity index (χ1n) is 3.94. The van der Waals surface area contributed by atoms with Crippen molar-refractivity contribution >= 4 is 15.9 Å². The lowest BCUT2D eigenvalue weighted by atomic mass is 10.00. The van der Waals surface area contributed by atoms with Crippen LogP contribution in [-0.4, -0.2) is 13.1 Å². The Hall–Kier alpha value is -0.380. The molecule has 0 spiro atoms. The molecule has 0 unspecified atom stereocenters. The molecule has 1 aromatic carbocycles. The molecule has 1 rings (SSSR count). The third-order valence-electron chi connectivity index (χ3n) is 1.91. The van der Waals surface area contributed by atoms with Gasteiger partial charge < -0.3 is 11.5 Å². The fourth-order valence-electron chi connectivity index (χ4n) is 1.16. The van der Waals surface area contributed by atoms with Gasteiger partial charge in [-0.05, 0) is 11.6 Å². The quantitative estimate of drug-likeness (QED) is 0.824. The van der Waals surface area contributed by atoms with Gasteiger partial charge in [0, 0.05) is 23.5 Å². The topological polar surface area (TPSA) is 52.0 Å². The summed E-state index contributed by atoms with van der Waals surface area (Å²) in [4.78, 5) is 0. The molecule has 0 aliphatic heterocycles. The van der Waals surface area contributed by atoms with Crippen LogP contribution in [0.4, 0.5) is 0 Å². The van der Waals surface area contributed by atoms with Crippen LogP contribution in [0.1, 0.15) is 11.5 Å². The summed E-state index contributed by atoms with van der Waals surface area (Å²) in [5, 5.41) is 0. The molecule has 4 N–H and O–H groups in total. The molecule has 0 saturated carbocycles. The monoisotopic (exact) mass is 228 g/mol. The van der Waals surface area contributed by atoms with E-state index in [4.69, 9.17) is 11.5 Å². The summed E-state index contributed by atoms with van der Waals surface area (Å²) in [6.07, 6.45) is 0. The summed E-state index contributed by atoms with van der Waals surface area (Å²) in [6, 6.07) is 8.04. The lowest BCUT2D eigenvalue weighted by Crippen LogP contribution is -2.21. The van der Waals surface area contributed by atoms with Gasteiger partial charge in [0.2, 0.25) is 0 Å². The second-order valence-corrected chi connectivity index (χ2v) is 3.54. The molecule has 0 amide bonds. The van der Waals surface area contributed by atoms with E-state index in [0.29, 0.717) is 13.1 Å². The molecule has 12 heavy (non-hydrogen) atoms. The Bertz CT molecular complexity index is 246. The molecule has 0 saturated heterocycles. The maximum Gasteiger partial charge on any atom is 0.0211 e. The molecule has 1 aromatic rings. The van der Waals surface area contributed by atoms with Crippen LogP contribution in [-0.2, 0) is 0 Å². The van der Waals surface area contributed by atoms with Gasteiger partial charge in [-0.25, -0.2) is 0 Å². The molecule has 0 radical (unpaired) electrons. The van der Waals surface area contributed by atoms with E-state index in [2.05, 4.69) is 22.0 Å². The van der Waals surface area contributed by atoms with E-state index < -0.39 is 0 Å². The second kappa shape index (κ2) is 4.60. The highest BCUT2D eigenvalue weighted by Gasteiger charge is 2.09. The van der Waals surface area contributed by atoms with Crippen LogP contribution in [0, 0.1) is 0 Å². The molecule has 0 atom stereocenters. The van der Waals surface area contributed by atoms with E-state index in [9.17, 15) is 0 Å². The molecule has 0 aliphatic rings. The molecule has 0 fully saturated rings. The normalized spacial score (nSPS) is 10.7. The fraction of sp³-hybridized carbons (Fsp3) is 0.333. The number of halogens is 1. The zero-order valence-corrected chi connectivity index (χ0v) is 8.42. The highest BCUT2D eigenvalue weighted by atomic mass is 79.9. The molecule has 0 bridgehead atoms. The molecular formula is C9H13BrN2. The van der Waals surface area contributed by atoms with Gasteiger partial charge in [-0.15, -0.1) is 0 Å². The van der Waals surface area contributed by atoms with Gasteiger partial charge in [0.15, 0.2) is 0 Å². The highest BCUT2D eigenvalue weighted by molar-refractivity contribution is 9.10. The first-order chi connectivity index (χ1) is 5.79. The van der Waals surface area contributed by atoms with Crippen molar-refractivity contribution in [2.75, 3.05) is 13.1 Å². The van der Waals surface area contributed by atoms with E-state index >= 15 is 0 Å². The molecular weight excluding hydrogens is 216 g/mol. The van der Waals surface area contributed by atoms with E-state index in [1.807, 2.05) is 18.2 Å². The zero-order valence-electron chi connectivity index (χ0n) is 6.83. The van der Waals surface area contributed by atoms with E-state index in [-0.39, 0.29) is 5.92 Å². The van der Waals surface area contributed by atoms with Gasteiger partial charge in [-0.1, -0.05) is 34.1 Å². The first kappa shape index (κ1) is 9.71. The van der Waals surface area contributed by atoms with Crippen LogP contribution in [0.3, 0.4) is 0 Å². The van der Waals surface area contributed by atoms with Crippen LogP contribution in [0.25, 0.3) is 0 Å². The molecule has 0 aliphatic carbocycles. The predicted octanol–water partition coefficient (Wildman–Crippen LogP) is 1.45. The van der Waals surface area contributed by atoms with E-state index in [1.54, 1.807) is 0 Å². The summed E-state index contributed by atoms with van der Waals surface area (Å²) < 4.78 is 1.09. The maximum absolute atomic E-state index is 5.58. The molecule has 2 nitrogen and oxygen atoms in total. The Morgan fingerprint density at radius 2 is 1.75 bits per heavy atom. The standard InChI is InChI=1S/C9H13BrN2/c10-9-4-2-1-3-8(9)7(5-11)6-12/h1-4,7H,5-6,11-12H2. The fourth-order valence-corrected chi connectivity index (χ4v) is 1.76. The van der Waals surface area contributed by atoms with Crippen LogP contribution in [0.2, 0.25) is 0 Å².